The average Bonchev–Trinajstić information content (AvgIpc) is 3.09. The Labute approximate surface area is 160 Å². The maximum Gasteiger partial charge on any atom is 0.240 e. The van der Waals surface area contributed by atoms with Crippen molar-refractivity contribution in [1.82, 2.24) is 15.2 Å². The second-order valence-corrected chi connectivity index (χ2v) is 6.56. The van der Waals surface area contributed by atoms with E-state index in [0.717, 1.165) is 22.2 Å². The lowest BCUT2D eigenvalue weighted by atomic mass is 10.1. The summed E-state index contributed by atoms with van der Waals surface area (Å²) >= 11 is 6.01. The topological polar surface area (TPSA) is 51.8 Å². The predicted molar refractivity (Wildman–Crippen MR) is 104 cm³/mol. The second-order valence-electron chi connectivity index (χ2n) is 6.15. The minimum atomic E-state index is -0.379. The summed E-state index contributed by atoms with van der Waals surface area (Å²) in [5, 5.41) is 9.53. The first kappa shape index (κ1) is 17.4. The zero-order valence-corrected chi connectivity index (χ0v) is 15.2. The number of pyridine rings is 1. The third-order valence-corrected chi connectivity index (χ3v) is 4.46. The summed E-state index contributed by atoms with van der Waals surface area (Å²) < 4.78 is 18.8. The van der Waals surface area contributed by atoms with Crippen LogP contribution in [0.5, 0.6) is 0 Å². The summed E-state index contributed by atoms with van der Waals surface area (Å²) in [6, 6.07) is 14.3. The van der Waals surface area contributed by atoms with Crippen molar-refractivity contribution in [2.45, 2.75) is 13.3 Å². The molecule has 4 nitrogen and oxygen atoms in total. The molecule has 0 aliphatic rings. The summed E-state index contributed by atoms with van der Waals surface area (Å²) in [5.74, 6) is 0.474. The number of aryl methyl sites for hydroxylation is 1. The van der Waals surface area contributed by atoms with Gasteiger partial charge in [-0.3, -0.25) is 4.98 Å². The van der Waals surface area contributed by atoms with Crippen molar-refractivity contribution in [3.63, 3.8) is 0 Å². The van der Waals surface area contributed by atoms with E-state index in [1.807, 2.05) is 31.2 Å². The predicted octanol–water partition coefficient (Wildman–Crippen LogP) is 5.48. The van der Waals surface area contributed by atoms with Gasteiger partial charge in [0.05, 0.1) is 17.0 Å². The van der Waals surface area contributed by atoms with Gasteiger partial charge in [-0.05, 0) is 42.3 Å². The summed E-state index contributed by atoms with van der Waals surface area (Å²) in [6.45, 7) is 1.96. The smallest absolute Gasteiger partial charge is 0.240 e. The van der Waals surface area contributed by atoms with Crippen molar-refractivity contribution in [3.8, 4) is 0 Å². The second kappa shape index (κ2) is 7.29. The standard InChI is InChI=1S/C21H15ClFN3O/c1-13-5-6-15-3-2-4-16(21(15)24-13)11-20-26-25-19(27-20)10-8-14-7-9-17(23)12-18(14)22/h2-10,12H,11H2,1H3. The van der Waals surface area contributed by atoms with E-state index in [1.165, 1.54) is 12.1 Å². The van der Waals surface area contributed by atoms with Gasteiger partial charge in [0, 0.05) is 17.2 Å². The van der Waals surface area contributed by atoms with Crippen molar-refractivity contribution in [1.29, 1.82) is 0 Å². The van der Waals surface area contributed by atoms with Crippen molar-refractivity contribution in [3.05, 3.63) is 88.0 Å². The Morgan fingerprint density at radius 3 is 2.81 bits per heavy atom. The molecule has 0 N–H and O–H groups in total. The van der Waals surface area contributed by atoms with Crippen molar-refractivity contribution >= 4 is 34.7 Å². The third-order valence-electron chi connectivity index (χ3n) is 4.14. The maximum absolute atomic E-state index is 13.1. The van der Waals surface area contributed by atoms with E-state index >= 15 is 0 Å². The monoisotopic (exact) mass is 379 g/mol. The first-order valence-corrected chi connectivity index (χ1v) is 8.77. The lowest BCUT2D eigenvalue weighted by Crippen LogP contribution is -1.93. The molecule has 0 aliphatic carbocycles. The van der Waals surface area contributed by atoms with Crippen LogP contribution in [0.25, 0.3) is 23.1 Å². The van der Waals surface area contributed by atoms with Gasteiger partial charge in [-0.25, -0.2) is 4.39 Å². The Hall–Kier alpha value is -3.05. The SMILES string of the molecule is Cc1ccc2cccc(Cc3nnc(C=Cc4ccc(F)cc4Cl)o3)c2n1. The number of para-hydroxylation sites is 1. The Balaban J connectivity index is 1.57. The molecule has 0 amide bonds. The van der Waals surface area contributed by atoms with Gasteiger partial charge in [0.2, 0.25) is 11.8 Å². The largest absolute Gasteiger partial charge is 0.421 e. The molecule has 0 spiro atoms. The van der Waals surface area contributed by atoms with Gasteiger partial charge < -0.3 is 4.42 Å². The summed E-state index contributed by atoms with van der Waals surface area (Å²) in [5.41, 5.74) is 3.59. The summed E-state index contributed by atoms with van der Waals surface area (Å²) in [6.07, 6.45) is 3.86. The minimum absolute atomic E-state index is 0.322. The molecule has 0 bridgehead atoms. The molecule has 27 heavy (non-hydrogen) atoms. The van der Waals surface area contributed by atoms with Gasteiger partial charge >= 0.3 is 0 Å². The molecule has 0 aliphatic heterocycles. The highest BCUT2D eigenvalue weighted by Crippen LogP contribution is 2.21. The first-order valence-electron chi connectivity index (χ1n) is 8.39. The van der Waals surface area contributed by atoms with Crippen molar-refractivity contribution < 1.29 is 8.81 Å². The normalized spacial score (nSPS) is 11.5. The van der Waals surface area contributed by atoms with Gasteiger partial charge in [-0.15, -0.1) is 10.2 Å². The molecule has 0 saturated heterocycles. The van der Waals surface area contributed by atoms with Gasteiger partial charge in [-0.1, -0.05) is 41.9 Å². The Morgan fingerprint density at radius 2 is 1.96 bits per heavy atom. The van der Waals surface area contributed by atoms with E-state index in [1.54, 1.807) is 18.2 Å². The molecule has 0 atom stereocenters. The molecule has 6 heteroatoms. The molecule has 134 valence electrons. The molecule has 0 radical (unpaired) electrons. The number of hydrogen-bond acceptors (Lipinski definition) is 4. The highest BCUT2D eigenvalue weighted by molar-refractivity contribution is 6.32. The molecule has 0 unspecified atom stereocenters. The summed E-state index contributed by atoms with van der Waals surface area (Å²) in [7, 11) is 0. The molecule has 4 aromatic rings. The molecule has 0 saturated carbocycles. The van der Waals surface area contributed by atoms with Crippen LogP contribution in [0.1, 0.15) is 28.6 Å². The van der Waals surface area contributed by atoms with Crippen LogP contribution >= 0.6 is 11.6 Å². The zero-order valence-electron chi connectivity index (χ0n) is 14.5. The van der Waals surface area contributed by atoms with Gasteiger partial charge in [0.15, 0.2) is 0 Å². The molecular weight excluding hydrogens is 365 g/mol. The van der Waals surface area contributed by atoms with E-state index in [4.69, 9.17) is 16.0 Å². The number of nitrogens with zero attached hydrogens (tertiary/aromatic N) is 3. The molecule has 0 fully saturated rings. The average molecular weight is 380 g/mol. The van der Waals surface area contributed by atoms with E-state index in [9.17, 15) is 4.39 Å². The zero-order chi connectivity index (χ0) is 18.8. The Kier molecular flexibility index (Phi) is 4.69. The Morgan fingerprint density at radius 1 is 1.07 bits per heavy atom. The van der Waals surface area contributed by atoms with Crippen LogP contribution in [0.2, 0.25) is 5.02 Å². The van der Waals surface area contributed by atoms with Gasteiger partial charge in [0.1, 0.15) is 5.82 Å². The molecule has 2 aromatic heterocycles. The van der Waals surface area contributed by atoms with Crippen LogP contribution in [0, 0.1) is 12.7 Å². The first-order chi connectivity index (χ1) is 13.1. The van der Waals surface area contributed by atoms with Crippen molar-refractivity contribution in [2.75, 3.05) is 0 Å². The van der Waals surface area contributed by atoms with Gasteiger partial charge in [0.25, 0.3) is 0 Å². The van der Waals surface area contributed by atoms with Crippen molar-refractivity contribution in [2.24, 2.45) is 0 Å². The number of aromatic nitrogens is 3. The third kappa shape index (κ3) is 3.88. The maximum atomic E-state index is 13.1. The molecule has 2 heterocycles. The van der Waals surface area contributed by atoms with E-state index in [2.05, 4.69) is 21.2 Å². The number of rotatable bonds is 4. The molecule has 2 aromatic carbocycles. The van der Waals surface area contributed by atoms with Crippen LogP contribution in [-0.4, -0.2) is 15.2 Å². The number of benzene rings is 2. The fourth-order valence-electron chi connectivity index (χ4n) is 2.81. The van der Waals surface area contributed by atoms with Crippen LogP contribution in [-0.2, 0) is 6.42 Å². The van der Waals surface area contributed by atoms with Crippen LogP contribution < -0.4 is 0 Å². The fourth-order valence-corrected chi connectivity index (χ4v) is 3.04. The van der Waals surface area contributed by atoms with E-state index < -0.39 is 0 Å². The fraction of sp³-hybridized carbons (Fsp3) is 0.0952. The number of fused-ring (bicyclic) bond motifs is 1. The van der Waals surface area contributed by atoms with Gasteiger partial charge in [-0.2, -0.15) is 0 Å². The summed E-state index contributed by atoms with van der Waals surface area (Å²) in [4.78, 5) is 4.62. The lowest BCUT2D eigenvalue weighted by molar-refractivity contribution is 0.497. The van der Waals surface area contributed by atoms with E-state index in [-0.39, 0.29) is 5.82 Å². The Bertz CT molecular complexity index is 1150. The minimum Gasteiger partial charge on any atom is -0.421 e. The van der Waals surface area contributed by atoms with Crippen LogP contribution in [0.15, 0.2) is 52.9 Å². The molecule has 4 rings (SSSR count). The highest BCUT2D eigenvalue weighted by Gasteiger charge is 2.09. The number of halogens is 2. The van der Waals surface area contributed by atoms with E-state index in [0.29, 0.717) is 28.8 Å². The highest BCUT2D eigenvalue weighted by atomic mass is 35.5. The van der Waals surface area contributed by atoms with Crippen LogP contribution in [0.3, 0.4) is 0 Å². The molecular formula is C21H15ClFN3O. The lowest BCUT2D eigenvalue weighted by Gasteiger charge is -2.04. The number of hydrogen-bond donors (Lipinski definition) is 0. The van der Waals surface area contributed by atoms with Crippen LogP contribution in [0.4, 0.5) is 4.39 Å². The quantitative estimate of drug-likeness (QED) is 0.471.